The third-order valence-electron chi connectivity index (χ3n) is 3.72. The van der Waals surface area contributed by atoms with Crippen molar-refractivity contribution in [2.24, 2.45) is 5.73 Å². The van der Waals surface area contributed by atoms with Gasteiger partial charge in [0, 0.05) is 6.54 Å². The summed E-state index contributed by atoms with van der Waals surface area (Å²) in [6.07, 6.45) is 3.62. The lowest BCUT2D eigenvalue weighted by Crippen LogP contribution is -2.51. The van der Waals surface area contributed by atoms with Crippen LogP contribution in [0.3, 0.4) is 0 Å². The van der Waals surface area contributed by atoms with Gasteiger partial charge in [0.05, 0.1) is 19.3 Å². The Morgan fingerprint density at radius 3 is 2.54 bits per heavy atom. The Bertz CT molecular complexity index is 507. The average molecular weight is 359 g/mol. The van der Waals surface area contributed by atoms with E-state index in [1.165, 1.54) is 0 Å². The van der Waals surface area contributed by atoms with Crippen LogP contribution in [-0.4, -0.2) is 25.2 Å². The van der Waals surface area contributed by atoms with Crippen molar-refractivity contribution in [3.8, 4) is 11.5 Å². The van der Waals surface area contributed by atoms with Gasteiger partial charge in [0.1, 0.15) is 0 Å². The molecule has 0 aliphatic heterocycles. The number of methoxy groups -OCH3 is 1. The van der Waals surface area contributed by atoms with Crippen LogP contribution in [0.1, 0.15) is 52.0 Å². The fourth-order valence-electron chi connectivity index (χ4n) is 2.28. The molecule has 1 aromatic rings. The lowest BCUT2D eigenvalue weighted by atomic mass is 9.96. The van der Waals surface area contributed by atoms with Gasteiger partial charge in [-0.1, -0.05) is 32.8 Å². The molecule has 0 aliphatic carbocycles. The molecular formula is C18H31ClN2O3. The molecule has 1 rings (SSSR count). The normalized spacial score (nSPS) is 12.7. The maximum atomic E-state index is 12.1. The van der Waals surface area contributed by atoms with Crippen molar-refractivity contribution in [1.82, 2.24) is 5.32 Å². The molecular weight excluding hydrogens is 328 g/mol. The molecule has 138 valence electrons. The SMILES string of the molecule is CCCCOc1ccc(CNC(=O)C(C)(N)CCC)cc1OC.Cl. The smallest absolute Gasteiger partial charge is 0.240 e. The summed E-state index contributed by atoms with van der Waals surface area (Å²) < 4.78 is 11.1. The van der Waals surface area contributed by atoms with E-state index < -0.39 is 5.54 Å². The van der Waals surface area contributed by atoms with Crippen molar-refractivity contribution in [3.05, 3.63) is 23.8 Å². The lowest BCUT2D eigenvalue weighted by molar-refractivity contribution is -0.126. The van der Waals surface area contributed by atoms with Gasteiger partial charge in [-0.2, -0.15) is 0 Å². The molecule has 0 aliphatic rings. The zero-order valence-electron chi connectivity index (χ0n) is 15.2. The van der Waals surface area contributed by atoms with Gasteiger partial charge < -0.3 is 20.5 Å². The average Bonchev–Trinajstić information content (AvgIpc) is 2.53. The number of amides is 1. The molecule has 1 unspecified atom stereocenters. The topological polar surface area (TPSA) is 73.6 Å². The second-order valence-electron chi connectivity index (χ2n) is 6.04. The fourth-order valence-corrected chi connectivity index (χ4v) is 2.28. The van der Waals surface area contributed by atoms with E-state index in [9.17, 15) is 4.79 Å². The van der Waals surface area contributed by atoms with E-state index in [0.717, 1.165) is 30.6 Å². The highest BCUT2D eigenvalue weighted by molar-refractivity contribution is 5.85. The van der Waals surface area contributed by atoms with Crippen LogP contribution in [0.4, 0.5) is 0 Å². The Morgan fingerprint density at radius 2 is 1.96 bits per heavy atom. The second kappa shape index (κ2) is 11.2. The first kappa shape index (κ1) is 22.5. The van der Waals surface area contributed by atoms with E-state index in [0.29, 0.717) is 25.3 Å². The Hall–Kier alpha value is -1.46. The molecule has 6 heteroatoms. The number of rotatable bonds is 10. The number of hydrogen-bond acceptors (Lipinski definition) is 4. The third-order valence-corrected chi connectivity index (χ3v) is 3.72. The van der Waals surface area contributed by atoms with Crippen LogP contribution in [0.15, 0.2) is 18.2 Å². The number of halogens is 1. The van der Waals surface area contributed by atoms with E-state index in [1.807, 2.05) is 25.1 Å². The fraction of sp³-hybridized carbons (Fsp3) is 0.611. The van der Waals surface area contributed by atoms with Crippen molar-refractivity contribution in [1.29, 1.82) is 0 Å². The Kier molecular flexibility index (Phi) is 10.5. The number of unbranched alkanes of at least 4 members (excludes halogenated alkanes) is 1. The molecule has 0 aromatic heterocycles. The molecule has 0 spiro atoms. The largest absolute Gasteiger partial charge is 0.493 e. The highest BCUT2D eigenvalue weighted by Crippen LogP contribution is 2.28. The Morgan fingerprint density at radius 1 is 1.25 bits per heavy atom. The molecule has 0 bridgehead atoms. The minimum atomic E-state index is -0.831. The van der Waals surface area contributed by atoms with E-state index in [2.05, 4.69) is 12.2 Å². The number of nitrogens with one attached hydrogen (secondary N) is 1. The minimum Gasteiger partial charge on any atom is -0.493 e. The zero-order valence-corrected chi connectivity index (χ0v) is 16.0. The van der Waals surface area contributed by atoms with Crippen molar-refractivity contribution in [2.75, 3.05) is 13.7 Å². The number of carbonyl (C=O) groups excluding carboxylic acids is 1. The summed E-state index contributed by atoms with van der Waals surface area (Å²) in [6.45, 7) is 6.99. The lowest BCUT2D eigenvalue weighted by Gasteiger charge is -2.23. The predicted molar refractivity (Wildman–Crippen MR) is 100.0 cm³/mol. The molecule has 0 radical (unpaired) electrons. The maximum absolute atomic E-state index is 12.1. The Balaban J connectivity index is 0.00000529. The van der Waals surface area contributed by atoms with Gasteiger partial charge >= 0.3 is 0 Å². The number of hydrogen-bond donors (Lipinski definition) is 2. The summed E-state index contributed by atoms with van der Waals surface area (Å²) in [5, 5.41) is 2.89. The molecule has 0 saturated heterocycles. The summed E-state index contributed by atoms with van der Waals surface area (Å²) in [7, 11) is 1.61. The standard InChI is InChI=1S/C18H30N2O3.ClH/c1-5-7-11-23-15-9-8-14(12-16(15)22-4)13-20-17(21)18(3,19)10-6-2;/h8-9,12H,5-7,10-11,13,19H2,1-4H3,(H,20,21);1H. The molecule has 24 heavy (non-hydrogen) atoms. The zero-order chi connectivity index (χ0) is 17.3. The first-order valence-corrected chi connectivity index (χ1v) is 8.31. The number of nitrogens with two attached hydrogens (primary N) is 1. The molecule has 1 atom stereocenters. The van der Waals surface area contributed by atoms with E-state index >= 15 is 0 Å². The first-order valence-electron chi connectivity index (χ1n) is 8.31. The van der Waals surface area contributed by atoms with Crippen LogP contribution in [-0.2, 0) is 11.3 Å². The van der Waals surface area contributed by atoms with Crippen LogP contribution in [0.5, 0.6) is 11.5 Å². The van der Waals surface area contributed by atoms with Crippen LogP contribution in [0.25, 0.3) is 0 Å². The van der Waals surface area contributed by atoms with Gasteiger partial charge in [0.15, 0.2) is 11.5 Å². The highest BCUT2D eigenvalue weighted by Gasteiger charge is 2.26. The van der Waals surface area contributed by atoms with Gasteiger partial charge in [-0.3, -0.25) is 4.79 Å². The molecule has 3 N–H and O–H groups in total. The summed E-state index contributed by atoms with van der Waals surface area (Å²) in [5.41, 5.74) is 6.14. The predicted octanol–water partition coefficient (Wildman–Crippen LogP) is 3.43. The maximum Gasteiger partial charge on any atom is 0.240 e. The van der Waals surface area contributed by atoms with Gasteiger partial charge in [0.25, 0.3) is 0 Å². The quantitative estimate of drug-likeness (QED) is 0.628. The second-order valence-corrected chi connectivity index (χ2v) is 6.04. The third kappa shape index (κ3) is 6.97. The van der Waals surface area contributed by atoms with Gasteiger partial charge in [0.2, 0.25) is 5.91 Å². The summed E-state index contributed by atoms with van der Waals surface area (Å²) >= 11 is 0. The van der Waals surface area contributed by atoms with E-state index in [4.69, 9.17) is 15.2 Å². The first-order chi connectivity index (χ1) is 10.9. The van der Waals surface area contributed by atoms with Crippen LogP contribution >= 0.6 is 12.4 Å². The van der Waals surface area contributed by atoms with Gasteiger partial charge in [-0.25, -0.2) is 0 Å². The van der Waals surface area contributed by atoms with E-state index in [1.54, 1.807) is 14.0 Å². The number of carbonyl (C=O) groups is 1. The van der Waals surface area contributed by atoms with Crippen molar-refractivity contribution in [2.45, 2.75) is 58.5 Å². The van der Waals surface area contributed by atoms with Crippen molar-refractivity contribution in [3.63, 3.8) is 0 Å². The molecule has 0 fully saturated rings. The monoisotopic (exact) mass is 358 g/mol. The van der Waals surface area contributed by atoms with Crippen LogP contribution in [0, 0.1) is 0 Å². The Labute approximate surface area is 151 Å². The minimum absolute atomic E-state index is 0. The van der Waals surface area contributed by atoms with Crippen molar-refractivity contribution < 1.29 is 14.3 Å². The molecule has 0 saturated carbocycles. The summed E-state index contributed by atoms with van der Waals surface area (Å²) in [5.74, 6) is 1.27. The number of ether oxygens (including phenoxy) is 2. The highest BCUT2D eigenvalue weighted by atomic mass is 35.5. The summed E-state index contributed by atoms with van der Waals surface area (Å²) in [6, 6.07) is 5.69. The molecule has 5 nitrogen and oxygen atoms in total. The van der Waals surface area contributed by atoms with Gasteiger partial charge in [-0.05, 0) is 37.5 Å². The van der Waals surface area contributed by atoms with Crippen LogP contribution in [0.2, 0.25) is 0 Å². The van der Waals surface area contributed by atoms with Crippen molar-refractivity contribution >= 4 is 18.3 Å². The van der Waals surface area contributed by atoms with E-state index in [-0.39, 0.29) is 18.3 Å². The molecule has 1 aromatic carbocycles. The van der Waals surface area contributed by atoms with Gasteiger partial charge in [-0.15, -0.1) is 12.4 Å². The number of benzene rings is 1. The summed E-state index contributed by atoms with van der Waals surface area (Å²) in [4.78, 5) is 12.1. The molecule has 0 heterocycles. The van der Waals surface area contributed by atoms with Crippen LogP contribution < -0.4 is 20.5 Å². The molecule has 1 amide bonds.